The summed E-state index contributed by atoms with van der Waals surface area (Å²) in [4.78, 5) is 0. The number of aromatic nitrogens is 2. The van der Waals surface area contributed by atoms with Gasteiger partial charge in [-0.25, -0.2) is 0 Å². The van der Waals surface area contributed by atoms with Gasteiger partial charge < -0.3 is 10.4 Å². The molecule has 1 heterocycles. The van der Waals surface area contributed by atoms with E-state index in [9.17, 15) is 5.11 Å². The minimum absolute atomic E-state index is 0.221. The molecule has 3 unspecified atom stereocenters. The molecule has 1 aliphatic rings. The monoisotopic (exact) mass is 251 g/mol. The van der Waals surface area contributed by atoms with E-state index in [1.165, 1.54) is 6.42 Å². The summed E-state index contributed by atoms with van der Waals surface area (Å²) < 4.78 is 1.88. The second-order valence-corrected chi connectivity index (χ2v) is 5.91. The maximum absolute atomic E-state index is 10.6. The zero-order chi connectivity index (χ0) is 13.2. The van der Waals surface area contributed by atoms with E-state index in [0.717, 1.165) is 25.0 Å². The van der Waals surface area contributed by atoms with Gasteiger partial charge in [-0.2, -0.15) is 5.10 Å². The molecule has 0 radical (unpaired) electrons. The van der Waals surface area contributed by atoms with Crippen molar-refractivity contribution >= 4 is 0 Å². The van der Waals surface area contributed by atoms with E-state index in [2.05, 4.69) is 24.3 Å². The number of rotatable bonds is 4. The zero-order valence-electron chi connectivity index (χ0n) is 11.7. The van der Waals surface area contributed by atoms with Gasteiger partial charge in [0.25, 0.3) is 0 Å². The van der Waals surface area contributed by atoms with Crippen molar-refractivity contribution in [2.24, 2.45) is 13.0 Å². The maximum Gasteiger partial charge on any atom is 0.0774 e. The highest BCUT2D eigenvalue weighted by Crippen LogP contribution is 2.32. The van der Waals surface area contributed by atoms with Crippen molar-refractivity contribution in [3.8, 4) is 0 Å². The van der Waals surface area contributed by atoms with Gasteiger partial charge in [0.1, 0.15) is 0 Å². The van der Waals surface area contributed by atoms with Gasteiger partial charge >= 0.3 is 0 Å². The summed E-state index contributed by atoms with van der Waals surface area (Å²) in [6, 6.07) is 2.24. The summed E-state index contributed by atoms with van der Waals surface area (Å²) in [5, 5.41) is 18.2. The van der Waals surface area contributed by atoms with Crippen LogP contribution in [0.5, 0.6) is 0 Å². The molecule has 0 bridgehead atoms. The van der Waals surface area contributed by atoms with Crippen LogP contribution in [0, 0.1) is 5.92 Å². The van der Waals surface area contributed by atoms with Gasteiger partial charge in [-0.1, -0.05) is 19.8 Å². The third kappa shape index (κ3) is 3.12. The highest BCUT2D eigenvalue weighted by atomic mass is 16.3. The van der Waals surface area contributed by atoms with Crippen LogP contribution in [0.15, 0.2) is 12.3 Å². The molecular weight excluding hydrogens is 226 g/mol. The van der Waals surface area contributed by atoms with E-state index in [1.807, 2.05) is 24.0 Å². The Morgan fingerprint density at radius 3 is 3.06 bits per heavy atom. The van der Waals surface area contributed by atoms with Gasteiger partial charge in [-0.15, -0.1) is 0 Å². The molecule has 1 fully saturated rings. The Bertz CT molecular complexity index is 390. The first-order valence-electron chi connectivity index (χ1n) is 6.94. The number of nitrogens with one attached hydrogen (secondary N) is 1. The van der Waals surface area contributed by atoms with Gasteiger partial charge in [-0.05, 0) is 31.7 Å². The van der Waals surface area contributed by atoms with Gasteiger partial charge in [0.05, 0.1) is 11.3 Å². The first-order valence-corrected chi connectivity index (χ1v) is 6.94. The Hall–Kier alpha value is -0.870. The average molecular weight is 251 g/mol. The molecule has 4 nitrogen and oxygen atoms in total. The SMILES string of the molecule is CC1CCCC(O)(CNC(C)c2ccnn2C)C1. The molecular formula is C14H25N3O. The lowest BCUT2D eigenvalue weighted by Gasteiger charge is -2.36. The fourth-order valence-electron chi connectivity index (χ4n) is 3.05. The molecule has 2 rings (SSSR count). The van der Waals surface area contributed by atoms with Crippen LogP contribution in [-0.4, -0.2) is 27.0 Å². The first-order chi connectivity index (χ1) is 8.50. The highest BCUT2D eigenvalue weighted by molar-refractivity contribution is 5.05. The maximum atomic E-state index is 10.6. The first kappa shape index (κ1) is 13.6. The zero-order valence-corrected chi connectivity index (χ0v) is 11.7. The van der Waals surface area contributed by atoms with Crippen LogP contribution in [0.3, 0.4) is 0 Å². The molecule has 4 heteroatoms. The van der Waals surface area contributed by atoms with Crippen LogP contribution in [0.1, 0.15) is 51.3 Å². The second-order valence-electron chi connectivity index (χ2n) is 5.91. The molecule has 1 saturated carbocycles. The fourth-order valence-corrected chi connectivity index (χ4v) is 3.05. The van der Waals surface area contributed by atoms with Crippen molar-refractivity contribution in [2.75, 3.05) is 6.54 Å². The van der Waals surface area contributed by atoms with E-state index < -0.39 is 5.60 Å². The molecule has 18 heavy (non-hydrogen) atoms. The average Bonchev–Trinajstić information content (AvgIpc) is 2.72. The number of aliphatic hydroxyl groups is 1. The topological polar surface area (TPSA) is 50.1 Å². The van der Waals surface area contributed by atoms with E-state index >= 15 is 0 Å². The Kier molecular flexibility index (Phi) is 4.07. The normalized spacial score (nSPS) is 30.3. The van der Waals surface area contributed by atoms with Crippen LogP contribution in [-0.2, 0) is 7.05 Å². The van der Waals surface area contributed by atoms with Gasteiger partial charge in [0.15, 0.2) is 0 Å². The largest absolute Gasteiger partial charge is 0.389 e. The van der Waals surface area contributed by atoms with E-state index in [-0.39, 0.29) is 6.04 Å². The van der Waals surface area contributed by atoms with Gasteiger partial charge in [0, 0.05) is 25.8 Å². The summed E-state index contributed by atoms with van der Waals surface area (Å²) in [7, 11) is 1.95. The molecule has 0 aliphatic heterocycles. The predicted molar refractivity (Wildman–Crippen MR) is 72.2 cm³/mol. The lowest BCUT2D eigenvalue weighted by molar-refractivity contribution is -0.0135. The molecule has 0 aromatic carbocycles. The van der Waals surface area contributed by atoms with Crippen LogP contribution in [0.2, 0.25) is 0 Å². The number of nitrogens with zero attached hydrogens (tertiary/aromatic N) is 2. The second kappa shape index (κ2) is 5.41. The summed E-state index contributed by atoms with van der Waals surface area (Å²) in [6.45, 7) is 5.02. The number of hydrogen-bond acceptors (Lipinski definition) is 3. The summed E-state index contributed by atoms with van der Waals surface area (Å²) in [6.07, 6.45) is 6.03. The smallest absolute Gasteiger partial charge is 0.0774 e. The molecule has 1 aromatic rings. The molecule has 102 valence electrons. The summed E-state index contributed by atoms with van der Waals surface area (Å²) in [5.41, 5.74) is 0.632. The fraction of sp³-hybridized carbons (Fsp3) is 0.786. The molecule has 3 atom stereocenters. The Labute approximate surface area is 109 Å². The molecule has 0 amide bonds. The summed E-state index contributed by atoms with van der Waals surface area (Å²) >= 11 is 0. The third-order valence-electron chi connectivity index (χ3n) is 4.11. The summed E-state index contributed by atoms with van der Waals surface area (Å²) in [5.74, 6) is 0.637. The third-order valence-corrected chi connectivity index (χ3v) is 4.11. The minimum Gasteiger partial charge on any atom is -0.389 e. The highest BCUT2D eigenvalue weighted by Gasteiger charge is 2.32. The van der Waals surface area contributed by atoms with Crippen molar-refractivity contribution in [3.63, 3.8) is 0 Å². The predicted octanol–water partition coefficient (Wildman–Crippen LogP) is 2.01. The van der Waals surface area contributed by atoms with Gasteiger partial charge in [-0.3, -0.25) is 4.68 Å². The quantitative estimate of drug-likeness (QED) is 0.860. The van der Waals surface area contributed by atoms with Crippen molar-refractivity contribution in [2.45, 2.75) is 51.2 Å². The van der Waals surface area contributed by atoms with Crippen molar-refractivity contribution in [1.82, 2.24) is 15.1 Å². The van der Waals surface area contributed by atoms with Crippen LogP contribution in [0.25, 0.3) is 0 Å². The van der Waals surface area contributed by atoms with Crippen molar-refractivity contribution < 1.29 is 5.11 Å². The molecule has 0 saturated heterocycles. The lowest BCUT2D eigenvalue weighted by atomic mass is 9.79. The van der Waals surface area contributed by atoms with Gasteiger partial charge in [0.2, 0.25) is 0 Å². The minimum atomic E-state index is -0.523. The molecule has 1 aromatic heterocycles. The van der Waals surface area contributed by atoms with Crippen LogP contribution in [0.4, 0.5) is 0 Å². The standard InChI is InChI=1S/C14H25N3O/c1-11-5-4-7-14(18,9-11)10-15-12(2)13-6-8-16-17(13)3/h6,8,11-12,15,18H,4-5,7,9-10H2,1-3H3. The molecule has 0 spiro atoms. The van der Waals surface area contributed by atoms with Crippen molar-refractivity contribution in [1.29, 1.82) is 0 Å². The Balaban J connectivity index is 1.89. The number of aryl methyl sites for hydroxylation is 1. The molecule has 2 N–H and O–H groups in total. The molecule has 1 aliphatic carbocycles. The van der Waals surface area contributed by atoms with Crippen LogP contribution >= 0.6 is 0 Å². The Morgan fingerprint density at radius 2 is 2.44 bits per heavy atom. The van der Waals surface area contributed by atoms with E-state index in [0.29, 0.717) is 12.5 Å². The van der Waals surface area contributed by atoms with E-state index in [4.69, 9.17) is 0 Å². The number of hydrogen-bond donors (Lipinski definition) is 2. The lowest BCUT2D eigenvalue weighted by Crippen LogP contribution is -2.44. The van der Waals surface area contributed by atoms with E-state index in [1.54, 1.807) is 0 Å². The van der Waals surface area contributed by atoms with Crippen molar-refractivity contribution in [3.05, 3.63) is 18.0 Å². The van der Waals surface area contributed by atoms with Crippen LogP contribution < -0.4 is 5.32 Å². The Morgan fingerprint density at radius 1 is 1.67 bits per heavy atom.